The Morgan fingerprint density at radius 3 is 2.74 bits per heavy atom. The van der Waals surface area contributed by atoms with Gasteiger partial charge in [-0.1, -0.05) is 6.07 Å². The van der Waals surface area contributed by atoms with Crippen molar-refractivity contribution in [3.63, 3.8) is 0 Å². The highest BCUT2D eigenvalue weighted by atomic mass is 32.1. The van der Waals surface area contributed by atoms with Crippen molar-refractivity contribution in [2.75, 3.05) is 4.90 Å². The SMILES string of the molecule is O=C(c1cnccn1)N(Cc1cccs1)c1ccc(F)cc1F. The largest absolute Gasteiger partial charge is 0.299 e. The summed E-state index contributed by atoms with van der Waals surface area (Å²) in [6, 6.07) is 6.78. The van der Waals surface area contributed by atoms with Crippen molar-refractivity contribution >= 4 is 22.9 Å². The molecule has 0 spiro atoms. The monoisotopic (exact) mass is 331 g/mol. The molecule has 0 bridgehead atoms. The van der Waals surface area contributed by atoms with Gasteiger partial charge >= 0.3 is 0 Å². The van der Waals surface area contributed by atoms with Crippen molar-refractivity contribution in [2.45, 2.75) is 6.54 Å². The fourth-order valence-electron chi connectivity index (χ4n) is 2.07. The minimum atomic E-state index is -0.807. The number of amides is 1. The summed E-state index contributed by atoms with van der Waals surface area (Å²) in [6.45, 7) is 0.162. The van der Waals surface area contributed by atoms with Crippen molar-refractivity contribution in [2.24, 2.45) is 0 Å². The van der Waals surface area contributed by atoms with E-state index in [0.717, 1.165) is 17.0 Å². The molecule has 3 aromatic rings. The summed E-state index contributed by atoms with van der Waals surface area (Å²) in [4.78, 5) is 22.6. The van der Waals surface area contributed by atoms with Gasteiger partial charge in [0.15, 0.2) is 0 Å². The Balaban J connectivity index is 2.01. The lowest BCUT2D eigenvalue weighted by Gasteiger charge is -2.22. The molecule has 0 unspecified atom stereocenters. The molecule has 0 aliphatic rings. The molecule has 0 radical (unpaired) electrons. The zero-order valence-electron chi connectivity index (χ0n) is 11.8. The number of aromatic nitrogens is 2. The molecule has 4 nitrogen and oxygen atoms in total. The maximum absolute atomic E-state index is 14.1. The molecule has 0 aliphatic carbocycles. The van der Waals surface area contributed by atoms with Crippen molar-refractivity contribution in [1.29, 1.82) is 0 Å². The van der Waals surface area contributed by atoms with Gasteiger partial charge in [0, 0.05) is 23.3 Å². The summed E-state index contributed by atoms with van der Waals surface area (Å²) in [5, 5.41) is 1.86. The fraction of sp³-hybridized carbons (Fsp3) is 0.0625. The third-order valence-electron chi connectivity index (χ3n) is 3.12. The van der Waals surface area contributed by atoms with Gasteiger partial charge in [0.1, 0.15) is 17.3 Å². The number of anilines is 1. The van der Waals surface area contributed by atoms with Crippen molar-refractivity contribution in [1.82, 2.24) is 9.97 Å². The van der Waals surface area contributed by atoms with Crippen molar-refractivity contribution in [3.05, 3.63) is 76.5 Å². The lowest BCUT2D eigenvalue weighted by molar-refractivity contribution is 0.0979. The van der Waals surface area contributed by atoms with Gasteiger partial charge in [-0.3, -0.25) is 14.7 Å². The number of nitrogens with zero attached hydrogens (tertiary/aromatic N) is 3. The minimum absolute atomic E-state index is 0.00421. The van der Waals surface area contributed by atoms with E-state index in [-0.39, 0.29) is 17.9 Å². The van der Waals surface area contributed by atoms with Crippen LogP contribution >= 0.6 is 11.3 Å². The van der Waals surface area contributed by atoms with Crippen molar-refractivity contribution < 1.29 is 13.6 Å². The van der Waals surface area contributed by atoms with Crippen LogP contribution in [0.2, 0.25) is 0 Å². The number of thiophene rings is 1. The molecule has 0 saturated heterocycles. The van der Waals surface area contributed by atoms with Crippen LogP contribution in [-0.4, -0.2) is 15.9 Å². The maximum Gasteiger partial charge on any atom is 0.278 e. The van der Waals surface area contributed by atoms with Gasteiger partial charge in [-0.2, -0.15) is 0 Å². The molecule has 23 heavy (non-hydrogen) atoms. The number of halogens is 2. The summed E-state index contributed by atoms with van der Waals surface area (Å²) in [5.74, 6) is -2.01. The number of rotatable bonds is 4. The molecule has 0 atom stereocenters. The van der Waals surface area contributed by atoms with Gasteiger partial charge in [-0.25, -0.2) is 13.8 Å². The molecule has 2 heterocycles. The van der Waals surface area contributed by atoms with Crippen LogP contribution in [0, 0.1) is 11.6 Å². The second-order valence-corrected chi connectivity index (χ2v) is 5.69. The maximum atomic E-state index is 14.1. The molecule has 0 fully saturated rings. The average Bonchev–Trinajstić information content (AvgIpc) is 3.07. The highest BCUT2D eigenvalue weighted by Gasteiger charge is 2.23. The second-order valence-electron chi connectivity index (χ2n) is 4.66. The summed E-state index contributed by atoms with van der Waals surface area (Å²) < 4.78 is 27.3. The van der Waals surface area contributed by atoms with E-state index < -0.39 is 17.5 Å². The third kappa shape index (κ3) is 3.40. The lowest BCUT2D eigenvalue weighted by atomic mass is 10.2. The predicted molar refractivity (Wildman–Crippen MR) is 83.2 cm³/mol. The number of hydrogen-bond acceptors (Lipinski definition) is 4. The Hall–Kier alpha value is -2.67. The van der Waals surface area contributed by atoms with Crippen LogP contribution in [0.15, 0.2) is 54.3 Å². The van der Waals surface area contributed by atoms with Crippen LogP contribution in [0.25, 0.3) is 0 Å². The standard InChI is InChI=1S/C16H11F2N3OS/c17-11-3-4-15(13(18)8-11)21(10-12-2-1-7-23-12)16(22)14-9-19-5-6-20-14/h1-9H,10H2. The van der Waals surface area contributed by atoms with E-state index in [1.807, 2.05) is 17.5 Å². The normalized spacial score (nSPS) is 10.5. The molecular weight excluding hydrogens is 320 g/mol. The topological polar surface area (TPSA) is 46.1 Å². The zero-order chi connectivity index (χ0) is 16.2. The zero-order valence-corrected chi connectivity index (χ0v) is 12.6. The van der Waals surface area contributed by atoms with E-state index in [2.05, 4.69) is 9.97 Å². The molecular formula is C16H11F2N3OS. The Morgan fingerprint density at radius 2 is 2.09 bits per heavy atom. The minimum Gasteiger partial charge on any atom is -0.299 e. The number of hydrogen-bond donors (Lipinski definition) is 0. The summed E-state index contributed by atoms with van der Waals surface area (Å²) >= 11 is 1.44. The molecule has 1 amide bonds. The van der Waals surface area contributed by atoms with Crippen LogP contribution in [0.1, 0.15) is 15.4 Å². The number of benzene rings is 1. The van der Waals surface area contributed by atoms with Crippen LogP contribution in [0.4, 0.5) is 14.5 Å². The molecule has 0 saturated carbocycles. The van der Waals surface area contributed by atoms with Crippen LogP contribution in [0.3, 0.4) is 0 Å². The number of carbonyl (C=O) groups is 1. The highest BCUT2D eigenvalue weighted by molar-refractivity contribution is 7.09. The van der Waals surface area contributed by atoms with Gasteiger partial charge in [0.2, 0.25) is 0 Å². The Bertz CT molecular complexity index is 809. The van der Waals surface area contributed by atoms with Crippen LogP contribution in [0.5, 0.6) is 0 Å². The first-order valence-corrected chi connectivity index (χ1v) is 7.58. The molecule has 1 aromatic carbocycles. The van der Waals surface area contributed by atoms with Gasteiger partial charge < -0.3 is 0 Å². The van der Waals surface area contributed by atoms with Crippen molar-refractivity contribution in [3.8, 4) is 0 Å². The molecule has 0 aliphatic heterocycles. The van der Waals surface area contributed by atoms with Gasteiger partial charge in [0.25, 0.3) is 5.91 Å². The summed E-state index contributed by atoms with van der Waals surface area (Å²) in [5.41, 5.74) is 0.0863. The molecule has 7 heteroatoms. The first-order chi connectivity index (χ1) is 11.1. The summed E-state index contributed by atoms with van der Waals surface area (Å²) in [6.07, 6.45) is 4.14. The molecule has 0 N–H and O–H groups in total. The van der Waals surface area contributed by atoms with Gasteiger partial charge in [0.05, 0.1) is 18.4 Å². The smallest absolute Gasteiger partial charge is 0.278 e. The first-order valence-electron chi connectivity index (χ1n) is 6.70. The van der Waals surface area contributed by atoms with E-state index in [4.69, 9.17) is 0 Å². The lowest BCUT2D eigenvalue weighted by Crippen LogP contribution is -2.31. The van der Waals surface area contributed by atoms with E-state index in [0.29, 0.717) is 0 Å². The van der Waals surface area contributed by atoms with Gasteiger partial charge in [-0.15, -0.1) is 11.3 Å². The third-order valence-corrected chi connectivity index (χ3v) is 3.98. The van der Waals surface area contributed by atoms with Crippen LogP contribution in [-0.2, 0) is 6.54 Å². The average molecular weight is 331 g/mol. The Labute approximate surface area is 135 Å². The molecule has 116 valence electrons. The molecule has 3 rings (SSSR count). The van der Waals surface area contributed by atoms with Crippen LogP contribution < -0.4 is 4.90 Å². The van der Waals surface area contributed by atoms with E-state index >= 15 is 0 Å². The fourth-order valence-corrected chi connectivity index (χ4v) is 2.77. The van der Waals surface area contributed by atoms with E-state index in [1.54, 1.807) is 0 Å². The quantitative estimate of drug-likeness (QED) is 0.733. The van der Waals surface area contributed by atoms with Gasteiger partial charge in [-0.05, 0) is 23.6 Å². The molecule has 2 aromatic heterocycles. The Morgan fingerprint density at radius 1 is 1.22 bits per heavy atom. The predicted octanol–water partition coefficient (Wildman–Crippen LogP) is 3.66. The first kappa shape index (κ1) is 15.2. The second kappa shape index (κ2) is 6.62. The summed E-state index contributed by atoms with van der Waals surface area (Å²) in [7, 11) is 0. The number of carbonyl (C=O) groups excluding carboxylic acids is 1. The van der Waals surface area contributed by atoms with E-state index in [1.165, 1.54) is 40.9 Å². The Kier molecular flexibility index (Phi) is 4.38. The van der Waals surface area contributed by atoms with E-state index in [9.17, 15) is 13.6 Å². The highest BCUT2D eigenvalue weighted by Crippen LogP contribution is 2.25.